The molecule has 1 saturated heterocycles. The normalized spacial score (nSPS) is 28.6. The minimum absolute atomic E-state index is 0.0356. The third kappa shape index (κ3) is 2.06. The fourth-order valence-electron chi connectivity index (χ4n) is 2.84. The summed E-state index contributed by atoms with van der Waals surface area (Å²) in [5.74, 6) is -0.372. The molecule has 6 nitrogen and oxygen atoms in total. The lowest BCUT2D eigenvalue weighted by atomic mass is 10.1. The number of anilines is 2. The molecule has 2 heterocycles. The van der Waals surface area contributed by atoms with Crippen LogP contribution in [0, 0.1) is 0 Å². The lowest BCUT2D eigenvalue weighted by Gasteiger charge is -2.19. The standard InChI is InChI=1S/C14H18N2O4/c1-19-11-6-16(7-12(11)20-2)8-3-4-9-10(5-8)15-14(18)13(9)17/h3-5,11-13,17H,6-7H2,1-2H3,(H,15,18). The lowest BCUT2D eigenvalue weighted by molar-refractivity contribution is -0.123. The van der Waals surface area contributed by atoms with E-state index in [2.05, 4.69) is 10.2 Å². The first-order valence-corrected chi connectivity index (χ1v) is 6.57. The third-order valence-electron chi connectivity index (χ3n) is 4.02. The second kappa shape index (κ2) is 5.05. The number of aliphatic hydroxyl groups excluding tert-OH is 1. The number of fused-ring (bicyclic) bond motifs is 1. The highest BCUT2D eigenvalue weighted by molar-refractivity contribution is 6.02. The van der Waals surface area contributed by atoms with Gasteiger partial charge in [0.1, 0.15) is 12.2 Å². The van der Waals surface area contributed by atoms with Crippen molar-refractivity contribution in [2.24, 2.45) is 0 Å². The van der Waals surface area contributed by atoms with E-state index in [1.165, 1.54) is 0 Å². The molecule has 0 saturated carbocycles. The number of nitrogens with zero attached hydrogens (tertiary/aromatic N) is 1. The van der Waals surface area contributed by atoms with Crippen LogP contribution < -0.4 is 10.2 Å². The Bertz CT molecular complexity index is 522. The van der Waals surface area contributed by atoms with Gasteiger partial charge in [0, 0.05) is 44.2 Å². The van der Waals surface area contributed by atoms with Crippen molar-refractivity contribution in [1.82, 2.24) is 0 Å². The van der Waals surface area contributed by atoms with Crippen molar-refractivity contribution in [2.75, 3.05) is 37.5 Å². The zero-order valence-electron chi connectivity index (χ0n) is 11.5. The predicted octanol–water partition coefficient (Wildman–Crippen LogP) is 0.522. The molecule has 2 aliphatic heterocycles. The largest absolute Gasteiger partial charge is 0.378 e. The van der Waals surface area contributed by atoms with Crippen LogP contribution >= 0.6 is 0 Å². The van der Waals surface area contributed by atoms with Gasteiger partial charge in [-0.05, 0) is 12.1 Å². The van der Waals surface area contributed by atoms with Crippen molar-refractivity contribution in [1.29, 1.82) is 0 Å². The second-order valence-corrected chi connectivity index (χ2v) is 5.12. The SMILES string of the molecule is COC1CN(c2ccc3c(c2)NC(=O)C3O)CC1OC. The van der Waals surface area contributed by atoms with E-state index in [4.69, 9.17) is 9.47 Å². The van der Waals surface area contributed by atoms with Crippen LogP contribution in [0.2, 0.25) is 0 Å². The van der Waals surface area contributed by atoms with Crippen molar-refractivity contribution in [3.05, 3.63) is 23.8 Å². The minimum Gasteiger partial charge on any atom is -0.378 e. The first-order valence-electron chi connectivity index (χ1n) is 6.57. The number of hydrogen-bond acceptors (Lipinski definition) is 5. The predicted molar refractivity (Wildman–Crippen MR) is 73.8 cm³/mol. The van der Waals surface area contributed by atoms with Crippen molar-refractivity contribution >= 4 is 17.3 Å². The molecule has 108 valence electrons. The highest BCUT2D eigenvalue weighted by Gasteiger charge is 2.34. The molecule has 1 aromatic rings. The molecular formula is C14H18N2O4. The molecule has 20 heavy (non-hydrogen) atoms. The highest BCUT2D eigenvalue weighted by Crippen LogP contribution is 2.35. The summed E-state index contributed by atoms with van der Waals surface area (Å²) >= 11 is 0. The molecule has 3 unspecified atom stereocenters. The van der Waals surface area contributed by atoms with Gasteiger partial charge in [-0.3, -0.25) is 4.79 Å². The molecule has 2 aliphatic rings. The van der Waals surface area contributed by atoms with E-state index in [0.29, 0.717) is 11.3 Å². The van der Waals surface area contributed by atoms with E-state index in [-0.39, 0.29) is 18.1 Å². The molecule has 1 aromatic carbocycles. The van der Waals surface area contributed by atoms with Gasteiger partial charge in [-0.15, -0.1) is 0 Å². The number of carbonyl (C=O) groups excluding carboxylic acids is 1. The number of nitrogens with one attached hydrogen (secondary N) is 1. The number of amides is 1. The summed E-state index contributed by atoms with van der Waals surface area (Å²) in [6.07, 6.45) is -0.988. The van der Waals surface area contributed by atoms with E-state index < -0.39 is 6.10 Å². The van der Waals surface area contributed by atoms with Crippen LogP contribution in [0.4, 0.5) is 11.4 Å². The molecule has 3 atom stereocenters. The average molecular weight is 278 g/mol. The summed E-state index contributed by atoms with van der Waals surface area (Å²) < 4.78 is 10.8. The Balaban J connectivity index is 1.83. The molecule has 3 rings (SSSR count). The van der Waals surface area contributed by atoms with Gasteiger partial charge >= 0.3 is 0 Å². The van der Waals surface area contributed by atoms with Crippen LogP contribution in [0.25, 0.3) is 0 Å². The maximum Gasteiger partial charge on any atom is 0.257 e. The van der Waals surface area contributed by atoms with E-state index in [0.717, 1.165) is 18.8 Å². The quantitative estimate of drug-likeness (QED) is 0.843. The van der Waals surface area contributed by atoms with Crippen LogP contribution in [0.1, 0.15) is 11.7 Å². The average Bonchev–Trinajstić information content (AvgIpc) is 3.00. The van der Waals surface area contributed by atoms with Crippen LogP contribution in [-0.2, 0) is 14.3 Å². The van der Waals surface area contributed by atoms with Gasteiger partial charge < -0.3 is 24.8 Å². The molecule has 0 spiro atoms. The molecule has 0 radical (unpaired) electrons. The number of carbonyl (C=O) groups is 1. The Labute approximate surface area is 117 Å². The Morgan fingerprint density at radius 2 is 1.90 bits per heavy atom. The number of ether oxygens (including phenoxy) is 2. The van der Waals surface area contributed by atoms with Crippen LogP contribution in [0.3, 0.4) is 0 Å². The Kier molecular flexibility index (Phi) is 3.37. The van der Waals surface area contributed by atoms with E-state index in [1.807, 2.05) is 12.1 Å². The molecule has 0 aliphatic carbocycles. The second-order valence-electron chi connectivity index (χ2n) is 5.12. The molecule has 1 fully saturated rings. The Morgan fingerprint density at radius 3 is 2.50 bits per heavy atom. The minimum atomic E-state index is -1.06. The smallest absolute Gasteiger partial charge is 0.257 e. The van der Waals surface area contributed by atoms with Gasteiger partial charge in [0.15, 0.2) is 6.10 Å². The molecular weight excluding hydrogens is 260 g/mol. The number of benzene rings is 1. The van der Waals surface area contributed by atoms with Crippen molar-refractivity contribution in [3.63, 3.8) is 0 Å². The van der Waals surface area contributed by atoms with Crippen LogP contribution in [0.15, 0.2) is 18.2 Å². The number of aliphatic hydroxyl groups is 1. The molecule has 2 N–H and O–H groups in total. The molecule has 0 bridgehead atoms. The van der Waals surface area contributed by atoms with Gasteiger partial charge in [0.25, 0.3) is 5.91 Å². The first kappa shape index (κ1) is 13.4. The van der Waals surface area contributed by atoms with Gasteiger partial charge in [0.2, 0.25) is 0 Å². The van der Waals surface area contributed by atoms with E-state index >= 15 is 0 Å². The summed E-state index contributed by atoms with van der Waals surface area (Å²) in [6.45, 7) is 1.48. The lowest BCUT2D eigenvalue weighted by Crippen LogP contribution is -2.27. The summed E-state index contributed by atoms with van der Waals surface area (Å²) in [5, 5.41) is 12.4. The van der Waals surface area contributed by atoms with Gasteiger partial charge in [-0.2, -0.15) is 0 Å². The highest BCUT2D eigenvalue weighted by atomic mass is 16.5. The number of methoxy groups -OCH3 is 2. The number of hydrogen-bond donors (Lipinski definition) is 2. The maximum atomic E-state index is 11.4. The molecule has 1 amide bonds. The topological polar surface area (TPSA) is 71.0 Å². The Morgan fingerprint density at radius 1 is 1.25 bits per heavy atom. The third-order valence-corrected chi connectivity index (χ3v) is 4.02. The Hall–Kier alpha value is -1.63. The van der Waals surface area contributed by atoms with Gasteiger partial charge in [0.05, 0.1) is 0 Å². The molecule has 6 heteroatoms. The number of rotatable bonds is 3. The van der Waals surface area contributed by atoms with Gasteiger partial charge in [-0.1, -0.05) is 6.07 Å². The van der Waals surface area contributed by atoms with Crippen molar-refractivity contribution in [3.8, 4) is 0 Å². The molecule has 0 aromatic heterocycles. The van der Waals surface area contributed by atoms with E-state index in [9.17, 15) is 9.90 Å². The van der Waals surface area contributed by atoms with Gasteiger partial charge in [-0.25, -0.2) is 0 Å². The fraction of sp³-hybridized carbons (Fsp3) is 0.500. The zero-order valence-corrected chi connectivity index (χ0v) is 11.5. The summed E-state index contributed by atoms with van der Waals surface area (Å²) in [5.41, 5.74) is 2.29. The zero-order chi connectivity index (χ0) is 14.3. The van der Waals surface area contributed by atoms with Crippen molar-refractivity contribution < 1.29 is 19.4 Å². The summed E-state index contributed by atoms with van der Waals surface area (Å²) in [6, 6.07) is 5.58. The monoisotopic (exact) mass is 278 g/mol. The van der Waals surface area contributed by atoms with E-state index in [1.54, 1.807) is 20.3 Å². The fourth-order valence-corrected chi connectivity index (χ4v) is 2.84. The summed E-state index contributed by atoms with van der Waals surface area (Å²) in [4.78, 5) is 13.6. The summed E-state index contributed by atoms with van der Waals surface area (Å²) in [7, 11) is 3.36. The maximum absolute atomic E-state index is 11.4. The van der Waals surface area contributed by atoms with Crippen LogP contribution in [0.5, 0.6) is 0 Å². The van der Waals surface area contributed by atoms with Crippen molar-refractivity contribution in [2.45, 2.75) is 18.3 Å². The first-order chi connectivity index (χ1) is 9.63. The van der Waals surface area contributed by atoms with Crippen LogP contribution in [-0.4, -0.2) is 50.5 Å².